The fourth-order valence-electron chi connectivity index (χ4n) is 3.12. The Kier molecular flexibility index (Phi) is 4.37. The van der Waals surface area contributed by atoms with Gasteiger partial charge in [-0.15, -0.1) is 0 Å². The van der Waals surface area contributed by atoms with Crippen molar-refractivity contribution in [2.45, 2.75) is 6.54 Å². The maximum atomic E-state index is 12.7. The molecule has 4 rings (SSSR count). The Balaban J connectivity index is 1.58. The molecule has 0 bridgehead atoms. The van der Waals surface area contributed by atoms with Gasteiger partial charge in [0.2, 0.25) is 0 Å². The number of amides is 3. The number of phenols is 1. The van der Waals surface area contributed by atoms with Crippen molar-refractivity contribution in [3.05, 3.63) is 95.1 Å². The number of imide groups is 1. The van der Waals surface area contributed by atoms with Crippen molar-refractivity contribution in [1.29, 1.82) is 0 Å². The molecular weight excluding hydrogens is 356 g/mol. The fraction of sp³-hybridized carbons (Fsp3) is 0.0455. The number of aromatic hydroxyl groups is 1. The minimum Gasteiger partial charge on any atom is -0.506 e. The lowest BCUT2D eigenvalue weighted by atomic mass is 10.1. The summed E-state index contributed by atoms with van der Waals surface area (Å²) in [4.78, 5) is 39.0. The van der Waals surface area contributed by atoms with Gasteiger partial charge in [0.05, 0.1) is 23.4 Å². The van der Waals surface area contributed by atoms with E-state index >= 15 is 0 Å². The number of benzene rings is 3. The SMILES string of the molecule is O=C(Nc1ccccc1O)c1ccc2c(c1)C(=O)N(Cc1ccccc1)C2=O. The number of carbonyl (C=O) groups is 3. The Morgan fingerprint density at radius 3 is 2.29 bits per heavy atom. The summed E-state index contributed by atoms with van der Waals surface area (Å²) in [5.41, 5.74) is 1.81. The quantitative estimate of drug-likeness (QED) is 0.543. The van der Waals surface area contributed by atoms with Crippen LogP contribution in [0.15, 0.2) is 72.8 Å². The number of phenolic OH excluding ortho intramolecular Hbond substituents is 1. The highest BCUT2D eigenvalue weighted by atomic mass is 16.3. The normalized spacial score (nSPS) is 12.8. The van der Waals surface area contributed by atoms with Crippen LogP contribution in [0.4, 0.5) is 5.69 Å². The molecule has 0 radical (unpaired) electrons. The third-order valence-corrected chi connectivity index (χ3v) is 4.57. The Bertz CT molecular complexity index is 1090. The average Bonchev–Trinajstić information content (AvgIpc) is 2.95. The summed E-state index contributed by atoms with van der Waals surface area (Å²) in [5.74, 6) is -1.35. The lowest BCUT2D eigenvalue weighted by Crippen LogP contribution is -2.29. The molecular formula is C22H16N2O4. The lowest BCUT2D eigenvalue weighted by molar-refractivity contribution is 0.0642. The number of fused-ring (bicyclic) bond motifs is 1. The highest BCUT2D eigenvalue weighted by molar-refractivity contribution is 6.22. The maximum Gasteiger partial charge on any atom is 0.261 e. The number of anilines is 1. The van der Waals surface area contributed by atoms with E-state index < -0.39 is 11.8 Å². The van der Waals surface area contributed by atoms with E-state index in [0.717, 1.165) is 5.56 Å². The summed E-state index contributed by atoms with van der Waals surface area (Å²) < 4.78 is 0. The molecule has 3 aromatic rings. The van der Waals surface area contributed by atoms with Gasteiger partial charge in [-0.05, 0) is 35.9 Å². The van der Waals surface area contributed by atoms with Crippen molar-refractivity contribution in [3.63, 3.8) is 0 Å². The zero-order valence-corrected chi connectivity index (χ0v) is 14.8. The minimum atomic E-state index is -0.481. The fourth-order valence-corrected chi connectivity index (χ4v) is 3.12. The first kappa shape index (κ1) is 17.5. The van der Waals surface area contributed by atoms with Gasteiger partial charge in [-0.25, -0.2) is 0 Å². The monoisotopic (exact) mass is 372 g/mol. The molecule has 0 spiro atoms. The van der Waals surface area contributed by atoms with Crippen LogP contribution < -0.4 is 5.32 Å². The molecule has 0 saturated heterocycles. The number of para-hydroxylation sites is 2. The van der Waals surface area contributed by atoms with Crippen LogP contribution in [-0.2, 0) is 6.54 Å². The van der Waals surface area contributed by atoms with Crippen LogP contribution in [0.2, 0.25) is 0 Å². The largest absolute Gasteiger partial charge is 0.506 e. The topological polar surface area (TPSA) is 86.7 Å². The highest BCUT2D eigenvalue weighted by Crippen LogP contribution is 2.27. The third kappa shape index (κ3) is 3.12. The maximum absolute atomic E-state index is 12.7. The van der Waals surface area contributed by atoms with E-state index in [4.69, 9.17) is 0 Å². The Hall–Kier alpha value is -3.93. The van der Waals surface area contributed by atoms with Crippen molar-refractivity contribution in [3.8, 4) is 5.75 Å². The first-order chi connectivity index (χ1) is 13.5. The number of rotatable bonds is 4. The lowest BCUT2D eigenvalue weighted by Gasteiger charge is -2.13. The summed E-state index contributed by atoms with van der Waals surface area (Å²) in [7, 11) is 0. The molecule has 1 aliphatic rings. The smallest absolute Gasteiger partial charge is 0.261 e. The average molecular weight is 372 g/mol. The number of hydrogen-bond acceptors (Lipinski definition) is 4. The van der Waals surface area contributed by atoms with Gasteiger partial charge in [-0.1, -0.05) is 42.5 Å². The van der Waals surface area contributed by atoms with Gasteiger partial charge in [-0.2, -0.15) is 0 Å². The van der Waals surface area contributed by atoms with Crippen molar-refractivity contribution in [1.82, 2.24) is 4.90 Å². The van der Waals surface area contributed by atoms with Crippen LogP contribution in [0.3, 0.4) is 0 Å². The second-order valence-electron chi connectivity index (χ2n) is 6.41. The predicted octanol–water partition coefficient (Wildman–Crippen LogP) is 3.44. The first-order valence-corrected chi connectivity index (χ1v) is 8.68. The second kappa shape index (κ2) is 7.00. The van der Waals surface area contributed by atoms with Crippen LogP contribution in [0, 0.1) is 0 Å². The third-order valence-electron chi connectivity index (χ3n) is 4.57. The van der Waals surface area contributed by atoms with Crippen LogP contribution in [-0.4, -0.2) is 27.7 Å². The van der Waals surface area contributed by atoms with E-state index in [1.54, 1.807) is 18.2 Å². The molecule has 0 aliphatic carbocycles. The summed E-state index contributed by atoms with van der Waals surface area (Å²) in [6.07, 6.45) is 0. The molecule has 0 saturated carbocycles. The predicted molar refractivity (Wildman–Crippen MR) is 103 cm³/mol. The van der Waals surface area contributed by atoms with Gasteiger partial charge in [0.1, 0.15) is 5.75 Å². The molecule has 3 aromatic carbocycles. The minimum absolute atomic E-state index is 0.0581. The summed E-state index contributed by atoms with van der Waals surface area (Å²) >= 11 is 0. The molecule has 0 unspecified atom stereocenters. The van der Waals surface area contributed by atoms with Gasteiger partial charge < -0.3 is 10.4 Å². The second-order valence-corrected chi connectivity index (χ2v) is 6.41. The van der Waals surface area contributed by atoms with Gasteiger partial charge in [0, 0.05) is 5.56 Å². The summed E-state index contributed by atoms with van der Waals surface area (Å²) in [6, 6.07) is 20.0. The van der Waals surface area contributed by atoms with Gasteiger partial charge in [0.25, 0.3) is 17.7 Å². The van der Waals surface area contributed by atoms with Crippen molar-refractivity contribution in [2.75, 3.05) is 5.32 Å². The van der Waals surface area contributed by atoms with Crippen LogP contribution in [0.5, 0.6) is 5.75 Å². The first-order valence-electron chi connectivity index (χ1n) is 8.68. The molecule has 1 heterocycles. The van der Waals surface area contributed by atoms with E-state index in [2.05, 4.69) is 5.32 Å². The summed E-state index contributed by atoms with van der Waals surface area (Å²) in [6.45, 7) is 0.173. The van der Waals surface area contributed by atoms with Gasteiger partial charge in [-0.3, -0.25) is 19.3 Å². The molecule has 6 heteroatoms. The zero-order chi connectivity index (χ0) is 19.7. The molecule has 138 valence electrons. The van der Waals surface area contributed by atoms with E-state index in [-0.39, 0.29) is 40.6 Å². The van der Waals surface area contributed by atoms with E-state index in [1.165, 1.54) is 29.2 Å². The van der Waals surface area contributed by atoms with Crippen molar-refractivity contribution < 1.29 is 19.5 Å². The van der Waals surface area contributed by atoms with E-state index in [1.807, 2.05) is 30.3 Å². The highest BCUT2D eigenvalue weighted by Gasteiger charge is 2.36. The number of carbonyl (C=O) groups excluding carboxylic acids is 3. The van der Waals surface area contributed by atoms with Crippen LogP contribution in [0.1, 0.15) is 36.6 Å². The van der Waals surface area contributed by atoms with E-state index in [9.17, 15) is 19.5 Å². The number of hydrogen-bond donors (Lipinski definition) is 2. The Morgan fingerprint density at radius 2 is 1.54 bits per heavy atom. The molecule has 28 heavy (non-hydrogen) atoms. The Labute approximate surface area is 161 Å². The Morgan fingerprint density at radius 1 is 0.857 bits per heavy atom. The van der Waals surface area contributed by atoms with Crippen molar-refractivity contribution >= 4 is 23.4 Å². The standard InChI is InChI=1S/C22H16N2O4/c25-19-9-5-4-8-18(19)23-20(26)15-10-11-16-17(12-15)22(28)24(21(16)27)13-14-6-2-1-3-7-14/h1-12,25H,13H2,(H,23,26). The molecule has 0 atom stereocenters. The molecule has 3 amide bonds. The van der Waals surface area contributed by atoms with E-state index in [0.29, 0.717) is 0 Å². The molecule has 6 nitrogen and oxygen atoms in total. The van der Waals surface area contributed by atoms with Gasteiger partial charge >= 0.3 is 0 Å². The molecule has 0 aromatic heterocycles. The molecule has 2 N–H and O–H groups in total. The van der Waals surface area contributed by atoms with Crippen LogP contribution >= 0.6 is 0 Å². The molecule has 1 aliphatic heterocycles. The zero-order valence-electron chi connectivity index (χ0n) is 14.8. The number of nitrogens with zero attached hydrogens (tertiary/aromatic N) is 1. The van der Waals surface area contributed by atoms with Crippen molar-refractivity contribution in [2.24, 2.45) is 0 Å². The molecule has 0 fully saturated rings. The number of nitrogens with one attached hydrogen (secondary N) is 1. The van der Waals surface area contributed by atoms with Crippen LogP contribution in [0.25, 0.3) is 0 Å². The van der Waals surface area contributed by atoms with Gasteiger partial charge in [0.15, 0.2) is 0 Å². The summed E-state index contributed by atoms with van der Waals surface area (Å²) in [5, 5.41) is 12.4.